The summed E-state index contributed by atoms with van der Waals surface area (Å²) in [6.45, 7) is 3.63. The Morgan fingerprint density at radius 2 is 2.07 bits per heavy atom. The number of hydrogen-bond donors (Lipinski definition) is 1. The number of hydrogen-bond acceptors (Lipinski definition) is 3. The number of anilines is 1. The SMILES string of the molecule is COC(=O)C(C)(C)c1cccc(N)c1. The minimum atomic E-state index is -0.649. The van der Waals surface area contributed by atoms with Gasteiger partial charge in [0.2, 0.25) is 0 Å². The molecule has 0 aromatic heterocycles. The van der Waals surface area contributed by atoms with Crippen LogP contribution in [0.15, 0.2) is 24.3 Å². The molecule has 0 unspecified atom stereocenters. The van der Waals surface area contributed by atoms with Crippen LogP contribution in [0, 0.1) is 0 Å². The maximum Gasteiger partial charge on any atom is 0.315 e. The van der Waals surface area contributed by atoms with Crippen molar-refractivity contribution in [2.45, 2.75) is 19.3 Å². The van der Waals surface area contributed by atoms with Crippen LogP contribution in [0.5, 0.6) is 0 Å². The summed E-state index contributed by atoms with van der Waals surface area (Å²) in [6, 6.07) is 7.27. The predicted octanol–water partition coefficient (Wildman–Crippen LogP) is 1.72. The second kappa shape index (κ2) is 3.70. The van der Waals surface area contributed by atoms with Crippen LogP contribution in [0.4, 0.5) is 5.69 Å². The molecule has 0 heterocycles. The third-order valence-electron chi connectivity index (χ3n) is 2.30. The molecule has 0 saturated carbocycles. The van der Waals surface area contributed by atoms with Crippen LogP contribution >= 0.6 is 0 Å². The van der Waals surface area contributed by atoms with Crippen LogP contribution in [-0.4, -0.2) is 13.1 Å². The number of carbonyl (C=O) groups excluding carboxylic acids is 1. The first-order chi connectivity index (χ1) is 6.48. The molecule has 0 atom stereocenters. The van der Waals surface area contributed by atoms with E-state index in [1.165, 1.54) is 7.11 Å². The van der Waals surface area contributed by atoms with Gasteiger partial charge in [-0.2, -0.15) is 0 Å². The Morgan fingerprint density at radius 3 is 2.57 bits per heavy atom. The molecule has 1 rings (SSSR count). The molecule has 1 aromatic carbocycles. The first-order valence-electron chi connectivity index (χ1n) is 4.43. The number of ether oxygens (including phenoxy) is 1. The highest BCUT2D eigenvalue weighted by Crippen LogP contribution is 2.25. The van der Waals surface area contributed by atoms with Gasteiger partial charge in [-0.25, -0.2) is 0 Å². The third kappa shape index (κ3) is 1.87. The number of rotatable bonds is 2. The summed E-state index contributed by atoms with van der Waals surface area (Å²) in [4.78, 5) is 11.5. The predicted molar refractivity (Wildman–Crippen MR) is 55.9 cm³/mol. The molecule has 0 saturated heterocycles. The van der Waals surface area contributed by atoms with Gasteiger partial charge in [0, 0.05) is 5.69 Å². The second-order valence-corrected chi connectivity index (χ2v) is 3.74. The lowest BCUT2D eigenvalue weighted by atomic mass is 9.84. The van der Waals surface area contributed by atoms with Gasteiger partial charge >= 0.3 is 5.97 Å². The minimum absolute atomic E-state index is 0.261. The maximum absolute atomic E-state index is 11.5. The van der Waals surface area contributed by atoms with E-state index in [1.54, 1.807) is 12.1 Å². The smallest absolute Gasteiger partial charge is 0.315 e. The van der Waals surface area contributed by atoms with Gasteiger partial charge in [-0.15, -0.1) is 0 Å². The number of nitrogen functional groups attached to an aromatic ring is 1. The molecule has 3 heteroatoms. The second-order valence-electron chi connectivity index (χ2n) is 3.74. The van der Waals surface area contributed by atoms with Crippen LogP contribution in [0.3, 0.4) is 0 Å². The zero-order valence-electron chi connectivity index (χ0n) is 8.70. The van der Waals surface area contributed by atoms with E-state index in [-0.39, 0.29) is 5.97 Å². The first kappa shape index (κ1) is 10.6. The Labute approximate surface area is 83.9 Å². The molecule has 0 aliphatic rings. The zero-order chi connectivity index (χ0) is 10.8. The highest BCUT2D eigenvalue weighted by Gasteiger charge is 2.30. The number of nitrogens with two attached hydrogens (primary N) is 1. The van der Waals surface area contributed by atoms with Crippen LogP contribution in [0.1, 0.15) is 19.4 Å². The van der Waals surface area contributed by atoms with E-state index >= 15 is 0 Å². The summed E-state index contributed by atoms with van der Waals surface area (Å²) in [5, 5.41) is 0. The van der Waals surface area contributed by atoms with Gasteiger partial charge < -0.3 is 10.5 Å². The molecule has 3 nitrogen and oxygen atoms in total. The van der Waals surface area contributed by atoms with Gasteiger partial charge in [0.15, 0.2) is 0 Å². The molecule has 14 heavy (non-hydrogen) atoms. The highest BCUT2D eigenvalue weighted by molar-refractivity contribution is 5.82. The van der Waals surface area contributed by atoms with Crippen LogP contribution in [-0.2, 0) is 14.9 Å². The number of methoxy groups -OCH3 is 1. The zero-order valence-corrected chi connectivity index (χ0v) is 8.70. The van der Waals surface area contributed by atoms with Crippen molar-refractivity contribution in [1.29, 1.82) is 0 Å². The van der Waals surface area contributed by atoms with Gasteiger partial charge in [0.25, 0.3) is 0 Å². The molecule has 2 N–H and O–H groups in total. The maximum atomic E-state index is 11.5. The molecule has 0 radical (unpaired) electrons. The fourth-order valence-corrected chi connectivity index (χ4v) is 1.30. The van der Waals surface area contributed by atoms with Crippen molar-refractivity contribution in [3.8, 4) is 0 Å². The van der Waals surface area contributed by atoms with Crippen molar-refractivity contribution in [1.82, 2.24) is 0 Å². The van der Waals surface area contributed by atoms with Gasteiger partial charge in [-0.05, 0) is 31.5 Å². The summed E-state index contributed by atoms with van der Waals surface area (Å²) in [5.41, 5.74) is 6.51. The summed E-state index contributed by atoms with van der Waals surface area (Å²) in [6.07, 6.45) is 0. The van der Waals surface area contributed by atoms with Crippen LogP contribution < -0.4 is 5.73 Å². The molecular weight excluding hydrogens is 178 g/mol. The molecule has 0 amide bonds. The molecule has 1 aromatic rings. The fraction of sp³-hybridized carbons (Fsp3) is 0.364. The number of carbonyl (C=O) groups is 1. The van der Waals surface area contributed by atoms with Gasteiger partial charge in [0.05, 0.1) is 12.5 Å². The lowest BCUT2D eigenvalue weighted by molar-refractivity contribution is -0.146. The molecule has 76 valence electrons. The first-order valence-corrected chi connectivity index (χ1v) is 4.43. The Morgan fingerprint density at radius 1 is 1.43 bits per heavy atom. The van der Waals surface area contributed by atoms with Gasteiger partial charge in [-0.1, -0.05) is 12.1 Å². The number of benzene rings is 1. The van der Waals surface area contributed by atoms with E-state index in [4.69, 9.17) is 10.5 Å². The van der Waals surface area contributed by atoms with E-state index < -0.39 is 5.41 Å². The van der Waals surface area contributed by atoms with Gasteiger partial charge in [-0.3, -0.25) is 4.79 Å². The Bertz CT molecular complexity index is 345. The summed E-state index contributed by atoms with van der Waals surface area (Å²) in [7, 11) is 1.39. The molecule has 0 spiro atoms. The van der Waals surface area contributed by atoms with E-state index in [2.05, 4.69) is 0 Å². The number of esters is 1. The van der Waals surface area contributed by atoms with Crippen molar-refractivity contribution in [2.24, 2.45) is 0 Å². The van der Waals surface area contributed by atoms with E-state index in [0.717, 1.165) is 5.56 Å². The summed E-state index contributed by atoms with van der Waals surface area (Å²) >= 11 is 0. The van der Waals surface area contributed by atoms with Crippen LogP contribution in [0.2, 0.25) is 0 Å². The van der Waals surface area contributed by atoms with Crippen molar-refractivity contribution < 1.29 is 9.53 Å². The molecular formula is C11H15NO2. The Balaban J connectivity index is 3.09. The average molecular weight is 193 g/mol. The van der Waals surface area contributed by atoms with Crippen molar-refractivity contribution >= 4 is 11.7 Å². The van der Waals surface area contributed by atoms with Gasteiger partial charge in [0.1, 0.15) is 0 Å². The summed E-state index contributed by atoms with van der Waals surface area (Å²) < 4.78 is 4.73. The fourth-order valence-electron chi connectivity index (χ4n) is 1.30. The normalized spacial score (nSPS) is 11.1. The molecule has 0 aliphatic carbocycles. The topological polar surface area (TPSA) is 52.3 Å². The van der Waals surface area contributed by atoms with E-state index in [1.807, 2.05) is 26.0 Å². The standard InChI is InChI=1S/C11H15NO2/c1-11(2,10(13)14-3)8-5-4-6-9(12)7-8/h4-7H,12H2,1-3H3. The van der Waals surface area contributed by atoms with E-state index in [0.29, 0.717) is 5.69 Å². The molecule has 0 bridgehead atoms. The average Bonchev–Trinajstić information content (AvgIpc) is 2.16. The van der Waals surface area contributed by atoms with E-state index in [9.17, 15) is 4.79 Å². The third-order valence-corrected chi connectivity index (χ3v) is 2.30. The minimum Gasteiger partial charge on any atom is -0.468 e. The Kier molecular flexibility index (Phi) is 2.79. The lowest BCUT2D eigenvalue weighted by Crippen LogP contribution is -2.30. The lowest BCUT2D eigenvalue weighted by Gasteiger charge is -2.22. The van der Waals surface area contributed by atoms with Crippen LogP contribution in [0.25, 0.3) is 0 Å². The molecule has 0 fully saturated rings. The Hall–Kier alpha value is -1.51. The quantitative estimate of drug-likeness (QED) is 0.574. The van der Waals surface area contributed by atoms with Crippen molar-refractivity contribution in [2.75, 3.05) is 12.8 Å². The molecule has 0 aliphatic heterocycles. The summed E-state index contributed by atoms with van der Waals surface area (Å²) in [5.74, 6) is -0.261. The van der Waals surface area contributed by atoms with Crippen molar-refractivity contribution in [3.05, 3.63) is 29.8 Å². The highest BCUT2D eigenvalue weighted by atomic mass is 16.5. The monoisotopic (exact) mass is 193 g/mol. The van der Waals surface area contributed by atoms with Crippen molar-refractivity contribution in [3.63, 3.8) is 0 Å². The largest absolute Gasteiger partial charge is 0.468 e.